The Hall–Kier alpha value is -2.53. The lowest BCUT2D eigenvalue weighted by molar-refractivity contribution is -0.132. The van der Waals surface area contributed by atoms with Gasteiger partial charge in [0.05, 0.1) is 10.6 Å². The molecule has 0 atom stereocenters. The van der Waals surface area contributed by atoms with Crippen LogP contribution >= 0.6 is 11.6 Å². The van der Waals surface area contributed by atoms with E-state index in [1.165, 1.54) is 0 Å². The highest BCUT2D eigenvalue weighted by atomic mass is 35.5. The summed E-state index contributed by atoms with van der Waals surface area (Å²) in [6, 6.07) is 14.1. The minimum Gasteiger partial charge on any atom is -0.489 e. The zero-order valence-corrected chi connectivity index (χ0v) is 15.7. The van der Waals surface area contributed by atoms with Gasteiger partial charge in [-0.3, -0.25) is 4.79 Å². The number of piperidine rings is 1. The monoisotopic (exact) mass is 387 g/mol. The van der Waals surface area contributed by atoms with Crippen molar-refractivity contribution in [2.24, 2.45) is 0 Å². The fraction of sp³-hybridized carbons (Fsp3) is 0.333. The van der Waals surface area contributed by atoms with Gasteiger partial charge in [-0.15, -0.1) is 0 Å². The summed E-state index contributed by atoms with van der Waals surface area (Å²) < 4.78 is 5.96. The lowest BCUT2D eigenvalue weighted by atomic mass is 10.0. The molecule has 0 unspecified atom stereocenters. The van der Waals surface area contributed by atoms with Gasteiger partial charge in [0.1, 0.15) is 11.9 Å². The predicted molar refractivity (Wildman–Crippen MR) is 103 cm³/mol. The van der Waals surface area contributed by atoms with E-state index in [4.69, 9.17) is 21.4 Å². The highest BCUT2D eigenvalue weighted by Gasteiger charge is 2.24. The van der Waals surface area contributed by atoms with Crippen LogP contribution in [-0.4, -0.2) is 41.1 Å². The van der Waals surface area contributed by atoms with Gasteiger partial charge in [-0.1, -0.05) is 35.9 Å². The van der Waals surface area contributed by atoms with Gasteiger partial charge in [0.15, 0.2) is 0 Å². The van der Waals surface area contributed by atoms with Crippen LogP contribution in [0.5, 0.6) is 5.75 Å². The van der Waals surface area contributed by atoms with E-state index in [1.54, 1.807) is 30.3 Å². The van der Waals surface area contributed by atoms with Crippen LogP contribution in [0, 0.1) is 0 Å². The standard InChI is InChI=1S/C21H22ClNO4/c22-18-3-1-2-4-19(18)27-17-11-13-23(14-12-17)20(24)10-7-15-5-8-16(9-6-15)21(25)26/h1-6,8-9,17H,7,10-14H2,(H,25,26). The second kappa shape index (κ2) is 8.91. The number of rotatable bonds is 6. The Morgan fingerprint density at radius 1 is 1.07 bits per heavy atom. The van der Waals surface area contributed by atoms with Crippen molar-refractivity contribution >= 4 is 23.5 Å². The Balaban J connectivity index is 1.44. The zero-order chi connectivity index (χ0) is 19.2. The van der Waals surface area contributed by atoms with E-state index in [2.05, 4.69) is 0 Å². The average Bonchev–Trinajstić information content (AvgIpc) is 2.69. The number of hydrogen-bond acceptors (Lipinski definition) is 3. The van der Waals surface area contributed by atoms with Crippen molar-refractivity contribution in [1.29, 1.82) is 0 Å². The zero-order valence-electron chi connectivity index (χ0n) is 14.9. The number of nitrogens with zero attached hydrogens (tertiary/aromatic N) is 1. The number of benzene rings is 2. The molecule has 0 aromatic heterocycles. The maximum atomic E-state index is 12.4. The Kier molecular flexibility index (Phi) is 6.35. The van der Waals surface area contributed by atoms with Crippen LogP contribution in [0.2, 0.25) is 5.02 Å². The van der Waals surface area contributed by atoms with E-state index in [9.17, 15) is 9.59 Å². The van der Waals surface area contributed by atoms with E-state index in [0.29, 0.717) is 36.7 Å². The average molecular weight is 388 g/mol. The molecule has 1 saturated heterocycles. The van der Waals surface area contributed by atoms with Crippen LogP contribution in [0.25, 0.3) is 0 Å². The summed E-state index contributed by atoms with van der Waals surface area (Å²) in [5, 5.41) is 9.52. The summed E-state index contributed by atoms with van der Waals surface area (Å²) in [6.45, 7) is 1.35. The SMILES string of the molecule is O=C(O)c1ccc(CCC(=O)N2CCC(Oc3ccccc3Cl)CC2)cc1. The fourth-order valence-electron chi connectivity index (χ4n) is 3.17. The summed E-state index contributed by atoms with van der Waals surface area (Å²) in [5.41, 5.74) is 1.22. The molecular weight excluding hydrogens is 366 g/mol. The number of aryl methyl sites for hydroxylation is 1. The molecule has 0 aliphatic carbocycles. The quantitative estimate of drug-likeness (QED) is 0.812. The third-order valence-corrected chi connectivity index (χ3v) is 5.07. The van der Waals surface area contributed by atoms with Gasteiger partial charge in [-0.2, -0.15) is 0 Å². The molecule has 3 rings (SSSR count). The minimum atomic E-state index is -0.945. The molecule has 6 heteroatoms. The number of carboxylic acid groups (broad SMARTS) is 1. The number of carboxylic acids is 1. The Bertz CT molecular complexity index is 798. The van der Waals surface area contributed by atoms with Crippen LogP contribution < -0.4 is 4.74 Å². The van der Waals surface area contributed by atoms with Crippen molar-refractivity contribution in [1.82, 2.24) is 4.90 Å². The van der Waals surface area contributed by atoms with Crippen molar-refractivity contribution in [2.45, 2.75) is 31.8 Å². The van der Waals surface area contributed by atoms with Gasteiger partial charge in [0, 0.05) is 32.4 Å². The first-order valence-corrected chi connectivity index (χ1v) is 9.42. The molecule has 1 N–H and O–H groups in total. The van der Waals surface area contributed by atoms with Crippen LogP contribution in [0.4, 0.5) is 0 Å². The van der Waals surface area contributed by atoms with E-state index in [1.807, 2.05) is 23.1 Å². The third kappa shape index (κ3) is 5.23. The first kappa shape index (κ1) is 19.2. The Morgan fingerprint density at radius 3 is 2.37 bits per heavy atom. The molecule has 1 amide bonds. The lowest BCUT2D eigenvalue weighted by Gasteiger charge is -2.32. The van der Waals surface area contributed by atoms with E-state index < -0.39 is 5.97 Å². The van der Waals surface area contributed by atoms with Gasteiger partial charge in [-0.05, 0) is 36.2 Å². The maximum absolute atomic E-state index is 12.4. The normalized spacial score (nSPS) is 14.8. The summed E-state index contributed by atoms with van der Waals surface area (Å²) >= 11 is 6.13. The van der Waals surface area contributed by atoms with Gasteiger partial charge < -0.3 is 14.7 Å². The second-order valence-electron chi connectivity index (χ2n) is 6.63. The smallest absolute Gasteiger partial charge is 0.335 e. The summed E-state index contributed by atoms with van der Waals surface area (Å²) in [4.78, 5) is 25.2. The molecule has 1 aliphatic heterocycles. The summed E-state index contributed by atoms with van der Waals surface area (Å²) in [5.74, 6) is -0.137. The topological polar surface area (TPSA) is 66.8 Å². The number of aromatic carboxylic acids is 1. The molecule has 0 bridgehead atoms. The highest BCUT2D eigenvalue weighted by Crippen LogP contribution is 2.27. The number of para-hydroxylation sites is 1. The first-order chi connectivity index (χ1) is 13.0. The van der Waals surface area contributed by atoms with Crippen molar-refractivity contribution in [3.05, 3.63) is 64.7 Å². The molecule has 5 nitrogen and oxygen atoms in total. The predicted octanol–water partition coefficient (Wildman–Crippen LogP) is 4.04. The van der Waals surface area contributed by atoms with E-state index in [0.717, 1.165) is 18.4 Å². The van der Waals surface area contributed by atoms with Gasteiger partial charge in [0.2, 0.25) is 5.91 Å². The van der Waals surface area contributed by atoms with Crippen molar-refractivity contribution < 1.29 is 19.4 Å². The van der Waals surface area contributed by atoms with Gasteiger partial charge >= 0.3 is 5.97 Å². The molecule has 1 fully saturated rings. The number of carbonyl (C=O) groups excluding carboxylic acids is 1. The molecule has 0 saturated carbocycles. The van der Waals surface area contributed by atoms with Crippen molar-refractivity contribution in [3.8, 4) is 5.75 Å². The second-order valence-corrected chi connectivity index (χ2v) is 7.04. The number of carbonyl (C=O) groups is 2. The molecule has 1 heterocycles. The van der Waals surface area contributed by atoms with Crippen molar-refractivity contribution in [3.63, 3.8) is 0 Å². The fourth-order valence-corrected chi connectivity index (χ4v) is 3.35. The van der Waals surface area contributed by atoms with Crippen LogP contribution in [0.1, 0.15) is 35.2 Å². The third-order valence-electron chi connectivity index (χ3n) is 4.75. The molecular formula is C21H22ClNO4. The molecule has 0 radical (unpaired) electrons. The number of amides is 1. The molecule has 2 aromatic rings. The maximum Gasteiger partial charge on any atom is 0.335 e. The first-order valence-electron chi connectivity index (χ1n) is 9.04. The Labute approximate surface area is 163 Å². The van der Waals surface area contributed by atoms with Crippen LogP contribution in [0.15, 0.2) is 48.5 Å². The van der Waals surface area contributed by atoms with Crippen molar-refractivity contribution in [2.75, 3.05) is 13.1 Å². The van der Waals surface area contributed by atoms with Gasteiger partial charge in [0.25, 0.3) is 0 Å². The molecule has 0 spiro atoms. The molecule has 27 heavy (non-hydrogen) atoms. The summed E-state index contributed by atoms with van der Waals surface area (Å²) in [6.07, 6.45) is 2.66. The largest absolute Gasteiger partial charge is 0.489 e. The number of likely N-dealkylation sites (tertiary alicyclic amines) is 1. The number of ether oxygens (including phenoxy) is 1. The van der Waals surface area contributed by atoms with Gasteiger partial charge in [-0.25, -0.2) is 4.79 Å². The summed E-state index contributed by atoms with van der Waals surface area (Å²) in [7, 11) is 0. The molecule has 1 aliphatic rings. The molecule has 142 valence electrons. The number of halogens is 1. The van der Waals surface area contributed by atoms with E-state index >= 15 is 0 Å². The van der Waals surface area contributed by atoms with Crippen LogP contribution in [0.3, 0.4) is 0 Å². The van der Waals surface area contributed by atoms with E-state index in [-0.39, 0.29) is 17.6 Å². The van der Waals surface area contributed by atoms with Crippen LogP contribution in [-0.2, 0) is 11.2 Å². The Morgan fingerprint density at radius 2 is 1.74 bits per heavy atom. The molecule has 2 aromatic carbocycles. The number of hydrogen-bond donors (Lipinski definition) is 1. The lowest BCUT2D eigenvalue weighted by Crippen LogP contribution is -2.41. The minimum absolute atomic E-state index is 0.0671. The highest BCUT2D eigenvalue weighted by molar-refractivity contribution is 6.32.